The highest BCUT2D eigenvalue weighted by Crippen LogP contribution is 2.22. The SMILES string of the molecule is CC(N)(C(=O)Nc1cccc(CN2CCC(CO)CC2)c1)c1ccccc1.Cl.Cl. The normalized spacial score (nSPS) is 16.8. The van der Waals surface area contributed by atoms with Crippen molar-refractivity contribution in [2.45, 2.75) is 31.8 Å². The molecular weight excluding hydrogens is 409 g/mol. The van der Waals surface area contributed by atoms with E-state index in [0.717, 1.165) is 49.3 Å². The number of likely N-dealkylation sites (tertiary alicyclic amines) is 1. The van der Waals surface area contributed by atoms with Crippen molar-refractivity contribution < 1.29 is 9.90 Å². The van der Waals surface area contributed by atoms with Gasteiger partial charge in [0.2, 0.25) is 5.91 Å². The number of carbonyl (C=O) groups is 1. The molecule has 29 heavy (non-hydrogen) atoms. The first-order valence-corrected chi connectivity index (χ1v) is 9.57. The molecule has 4 N–H and O–H groups in total. The summed E-state index contributed by atoms with van der Waals surface area (Å²) >= 11 is 0. The van der Waals surface area contributed by atoms with Crippen LogP contribution in [-0.2, 0) is 16.9 Å². The van der Waals surface area contributed by atoms with Gasteiger partial charge in [-0.2, -0.15) is 0 Å². The number of anilines is 1. The van der Waals surface area contributed by atoms with Gasteiger partial charge in [0.05, 0.1) is 0 Å². The van der Waals surface area contributed by atoms with E-state index in [1.807, 2.05) is 48.5 Å². The maximum atomic E-state index is 12.7. The summed E-state index contributed by atoms with van der Waals surface area (Å²) < 4.78 is 0. The molecule has 3 rings (SSSR count). The van der Waals surface area contributed by atoms with Gasteiger partial charge in [-0.15, -0.1) is 24.8 Å². The minimum atomic E-state index is -1.09. The van der Waals surface area contributed by atoms with E-state index in [4.69, 9.17) is 5.73 Å². The van der Waals surface area contributed by atoms with Crippen LogP contribution in [0.25, 0.3) is 0 Å². The summed E-state index contributed by atoms with van der Waals surface area (Å²) in [4.78, 5) is 15.1. The number of nitrogens with two attached hydrogens (primary N) is 1. The van der Waals surface area contributed by atoms with Crippen LogP contribution in [0.3, 0.4) is 0 Å². The van der Waals surface area contributed by atoms with E-state index in [1.54, 1.807) is 6.92 Å². The van der Waals surface area contributed by atoms with E-state index in [1.165, 1.54) is 0 Å². The number of nitrogens with one attached hydrogen (secondary N) is 1. The van der Waals surface area contributed by atoms with Crippen molar-refractivity contribution in [3.05, 3.63) is 65.7 Å². The molecule has 160 valence electrons. The Morgan fingerprint density at radius 1 is 1.14 bits per heavy atom. The van der Waals surface area contributed by atoms with E-state index in [-0.39, 0.29) is 37.3 Å². The van der Waals surface area contributed by atoms with Gasteiger partial charge in [-0.3, -0.25) is 9.69 Å². The molecule has 1 aliphatic rings. The van der Waals surface area contributed by atoms with Crippen LogP contribution >= 0.6 is 24.8 Å². The third-order valence-electron chi connectivity index (χ3n) is 5.40. The lowest BCUT2D eigenvalue weighted by atomic mass is 9.92. The Labute approximate surface area is 185 Å². The molecule has 1 aliphatic heterocycles. The predicted octanol–water partition coefficient (Wildman–Crippen LogP) is 3.55. The minimum absolute atomic E-state index is 0. The van der Waals surface area contributed by atoms with E-state index in [2.05, 4.69) is 16.3 Å². The van der Waals surface area contributed by atoms with Gasteiger partial charge < -0.3 is 16.2 Å². The van der Waals surface area contributed by atoms with Gasteiger partial charge in [0.15, 0.2) is 0 Å². The van der Waals surface area contributed by atoms with Crippen LogP contribution in [0.15, 0.2) is 54.6 Å². The molecule has 1 unspecified atom stereocenters. The smallest absolute Gasteiger partial charge is 0.248 e. The first-order valence-electron chi connectivity index (χ1n) is 9.57. The average molecular weight is 440 g/mol. The highest BCUT2D eigenvalue weighted by molar-refractivity contribution is 5.98. The van der Waals surface area contributed by atoms with E-state index >= 15 is 0 Å². The lowest BCUT2D eigenvalue weighted by Gasteiger charge is -2.31. The second-order valence-corrected chi connectivity index (χ2v) is 7.62. The third kappa shape index (κ3) is 6.69. The van der Waals surface area contributed by atoms with Gasteiger partial charge in [-0.25, -0.2) is 0 Å². The van der Waals surface area contributed by atoms with Crippen LogP contribution in [0.2, 0.25) is 0 Å². The highest BCUT2D eigenvalue weighted by atomic mass is 35.5. The summed E-state index contributed by atoms with van der Waals surface area (Å²) in [5.41, 5.74) is 7.91. The van der Waals surface area contributed by atoms with Crippen molar-refractivity contribution in [3.8, 4) is 0 Å². The fourth-order valence-electron chi connectivity index (χ4n) is 3.51. The molecule has 0 radical (unpaired) electrons. The standard InChI is InChI=1S/C22H29N3O2.2ClH/c1-22(23,19-7-3-2-4-8-19)21(27)24-20-9-5-6-18(14-20)15-25-12-10-17(16-26)11-13-25;;/h2-9,14,17,26H,10-13,15-16,23H2,1H3,(H,24,27);2*1H. The fraction of sp³-hybridized carbons (Fsp3) is 0.409. The third-order valence-corrected chi connectivity index (χ3v) is 5.40. The number of aliphatic hydroxyl groups is 1. The van der Waals surface area contributed by atoms with Crippen molar-refractivity contribution in [1.82, 2.24) is 4.90 Å². The molecule has 0 spiro atoms. The second kappa shape index (κ2) is 11.5. The molecule has 2 aromatic rings. The second-order valence-electron chi connectivity index (χ2n) is 7.62. The number of piperidine rings is 1. The van der Waals surface area contributed by atoms with Crippen LogP contribution in [0.4, 0.5) is 5.69 Å². The number of benzene rings is 2. The number of nitrogens with zero attached hydrogens (tertiary/aromatic N) is 1. The summed E-state index contributed by atoms with van der Waals surface area (Å²) in [5, 5.41) is 12.2. The molecule has 5 nitrogen and oxygen atoms in total. The molecule has 0 bridgehead atoms. The number of aliphatic hydroxyl groups excluding tert-OH is 1. The topological polar surface area (TPSA) is 78.6 Å². The molecule has 1 saturated heterocycles. The Kier molecular flexibility index (Phi) is 10.1. The summed E-state index contributed by atoms with van der Waals surface area (Å²) in [5.74, 6) is 0.210. The number of amides is 1. The quantitative estimate of drug-likeness (QED) is 0.642. The maximum Gasteiger partial charge on any atom is 0.248 e. The van der Waals surface area contributed by atoms with Crippen LogP contribution in [-0.4, -0.2) is 35.6 Å². The summed E-state index contributed by atoms with van der Waals surface area (Å²) in [6, 6.07) is 17.3. The lowest BCUT2D eigenvalue weighted by Crippen LogP contribution is -2.45. The highest BCUT2D eigenvalue weighted by Gasteiger charge is 2.30. The maximum absolute atomic E-state index is 12.7. The summed E-state index contributed by atoms with van der Waals surface area (Å²) in [6.45, 7) is 4.86. The molecular formula is C22H31Cl2N3O2. The van der Waals surface area contributed by atoms with E-state index in [9.17, 15) is 9.90 Å². The van der Waals surface area contributed by atoms with Crippen LogP contribution in [0.1, 0.15) is 30.9 Å². The van der Waals surface area contributed by atoms with Crippen molar-refractivity contribution in [3.63, 3.8) is 0 Å². The zero-order valence-corrected chi connectivity index (χ0v) is 18.3. The molecule has 1 atom stereocenters. The largest absolute Gasteiger partial charge is 0.396 e. The number of carbonyl (C=O) groups excluding carboxylic acids is 1. The van der Waals surface area contributed by atoms with Crippen LogP contribution < -0.4 is 11.1 Å². The molecule has 2 aromatic carbocycles. The van der Waals surface area contributed by atoms with E-state index < -0.39 is 5.54 Å². The minimum Gasteiger partial charge on any atom is -0.396 e. The molecule has 0 aliphatic carbocycles. The van der Waals surface area contributed by atoms with Crippen LogP contribution in [0, 0.1) is 5.92 Å². The summed E-state index contributed by atoms with van der Waals surface area (Å²) in [7, 11) is 0. The number of rotatable bonds is 6. The Hall–Kier alpha value is -1.63. The number of hydrogen-bond acceptors (Lipinski definition) is 4. The first kappa shape index (κ1) is 25.4. The number of halogens is 2. The molecule has 7 heteroatoms. The fourth-order valence-corrected chi connectivity index (χ4v) is 3.51. The van der Waals surface area contributed by atoms with Gasteiger partial charge in [-0.1, -0.05) is 42.5 Å². The average Bonchev–Trinajstić information content (AvgIpc) is 2.69. The monoisotopic (exact) mass is 439 g/mol. The van der Waals surface area contributed by atoms with Crippen molar-refractivity contribution in [2.75, 3.05) is 25.0 Å². The molecule has 0 saturated carbocycles. The van der Waals surface area contributed by atoms with Crippen LogP contribution in [0.5, 0.6) is 0 Å². The van der Waals surface area contributed by atoms with Crippen molar-refractivity contribution in [1.29, 1.82) is 0 Å². The zero-order valence-electron chi connectivity index (χ0n) is 16.7. The molecule has 1 amide bonds. The summed E-state index contributed by atoms with van der Waals surface area (Å²) in [6.07, 6.45) is 2.07. The number of hydrogen-bond donors (Lipinski definition) is 3. The Morgan fingerprint density at radius 3 is 2.41 bits per heavy atom. The van der Waals surface area contributed by atoms with Crippen molar-refractivity contribution in [2.24, 2.45) is 11.7 Å². The Balaban J connectivity index is 0.00000210. The zero-order chi connectivity index (χ0) is 19.3. The predicted molar refractivity (Wildman–Crippen MR) is 123 cm³/mol. The Morgan fingerprint density at radius 2 is 1.79 bits per heavy atom. The van der Waals surface area contributed by atoms with Gasteiger partial charge in [0.1, 0.15) is 5.54 Å². The van der Waals surface area contributed by atoms with E-state index in [0.29, 0.717) is 5.92 Å². The molecule has 1 fully saturated rings. The Bertz CT molecular complexity index is 764. The lowest BCUT2D eigenvalue weighted by molar-refractivity contribution is -0.120. The molecule has 0 aromatic heterocycles. The van der Waals surface area contributed by atoms with Gasteiger partial charge >= 0.3 is 0 Å². The van der Waals surface area contributed by atoms with Crippen molar-refractivity contribution >= 4 is 36.4 Å². The van der Waals surface area contributed by atoms with Gasteiger partial charge in [0, 0.05) is 18.8 Å². The van der Waals surface area contributed by atoms with Gasteiger partial charge in [0.25, 0.3) is 0 Å². The first-order chi connectivity index (χ1) is 13.0. The van der Waals surface area contributed by atoms with Gasteiger partial charge in [-0.05, 0) is 62.0 Å². The molecule has 1 heterocycles.